The van der Waals surface area contributed by atoms with E-state index in [1.54, 1.807) is 0 Å². The Morgan fingerprint density at radius 2 is 2.15 bits per heavy atom. The molecule has 0 aliphatic carbocycles. The molecular weight excluding hydrogens is 216 g/mol. The number of hydrogen-bond acceptors (Lipinski definition) is 6. The van der Waals surface area contributed by atoms with Crippen LogP contribution >= 0.6 is 11.3 Å². The largest absolute Gasteiger partial charge is 0.476 e. The van der Waals surface area contributed by atoms with E-state index in [2.05, 4.69) is 10.2 Å². The van der Waals surface area contributed by atoms with E-state index in [1.807, 2.05) is 0 Å². The fourth-order valence-electron chi connectivity index (χ4n) is 0.545. The zero-order valence-corrected chi connectivity index (χ0v) is 8.22. The molecule has 1 heterocycles. The predicted molar refractivity (Wildman–Crippen MR) is 44.6 cm³/mol. The molecule has 1 N–H and O–H groups in total. The average Bonchev–Trinajstić information content (AvgIpc) is 2.52. The van der Waals surface area contributed by atoms with Crippen LogP contribution in [0, 0.1) is 0 Å². The molecule has 0 unspecified atom stereocenters. The van der Waals surface area contributed by atoms with Crippen LogP contribution in [-0.4, -0.2) is 35.4 Å². The molecule has 0 spiro atoms. The SMILES string of the molecule is CCS(=O)(=O)c1nnc(C(=O)O)s1. The lowest BCUT2D eigenvalue weighted by Gasteiger charge is -1.90. The van der Waals surface area contributed by atoms with Gasteiger partial charge in [-0.2, -0.15) is 0 Å². The summed E-state index contributed by atoms with van der Waals surface area (Å²) in [5.41, 5.74) is 0. The van der Waals surface area contributed by atoms with E-state index in [4.69, 9.17) is 5.11 Å². The zero-order chi connectivity index (χ0) is 10.1. The summed E-state index contributed by atoms with van der Waals surface area (Å²) in [5, 5.41) is 14.6. The fraction of sp³-hybridized carbons (Fsp3) is 0.400. The van der Waals surface area contributed by atoms with E-state index in [0.29, 0.717) is 11.3 Å². The molecule has 0 fully saturated rings. The highest BCUT2D eigenvalue weighted by Crippen LogP contribution is 2.16. The second kappa shape index (κ2) is 3.38. The van der Waals surface area contributed by atoms with Gasteiger partial charge in [0.05, 0.1) is 5.75 Å². The first kappa shape index (κ1) is 10.1. The third-order valence-electron chi connectivity index (χ3n) is 1.24. The molecule has 1 aromatic rings. The number of rotatable bonds is 3. The van der Waals surface area contributed by atoms with Gasteiger partial charge in [0.15, 0.2) is 0 Å². The van der Waals surface area contributed by atoms with Gasteiger partial charge in [0, 0.05) is 0 Å². The van der Waals surface area contributed by atoms with Crippen LogP contribution in [-0.2, 0) is 9.84 Å². The molecule has 13 heavy (non-hydrogen) atoms. The van der Waals surface area contributed by atoms with Gasteiger partial charge in [-0.3, -0.25) is 0 Å². The zero-order valence-electron chi connectivity index (χ0n) is 6.59. The highest BCUT2D eigenvalue weighted by Gasteiger charge is 2.20. The fourth-order valence-corrected chi connectivity index (χ4v) is 2.47. The van der Waals surface area contributed by atoms with Crippen molar-refractivity contribution < 1.29 is 18.3 Å². The topological polar surface area (TPSA) is 97.2 Å². The van der Waals surface area contributed by atoms with Gasteiger partial charge in [0.25, 0.3) is 0 Å². The number of nitrogens with zero attached hydrogens (tertiary/aromatic N) is 2. The van der Waals surface area contributed by atoms with Crippen LogP contribution in [0.5, 0.6) is 0 Å². The molecule has 0 aromatic carbocycles. The molecule has 0 atom stereocenters. The first-order valence-electron chi connectivity index (χ1n) is 3.27. The molecule has 0 amide bonds. The Morgan fingerprint density at radius 1 is 1.54 bits per heavy atom. The van der Waals surface area contributed by atoms with Gasteiger partial charge in [-0.25, -0.2) is 13.2 Å². The molecule has 0 radical (unpaired) electrons. The monoisotopic (exact) mass is 222 g/mol. The van der Waals surface area contributed by atoms with Gasteiger partial charge in [-0.15, -0.1) is 10.2 Å². The normalized spacial score (nSPS) is 11.5. The number of carboxylic acids is 1. The minimum atomic E-state index is -3.43. The van der Waals surface area contributed by atoms with Crippen molar-refractivity contribution in [1.82, 2.24) is 10.2 Å². The minimum Gasteiger partial charge on any atom is -0.476 e. The minimum absolute atomic E-state index is 0.110. The maximum absolute atomic E-state index is 11.2. The molecule has 6 nitrogen and oxygen atoms in total. The van der Waals surface area contributed by atoms with Gasteiger partial charge in [-0.1, -0.05) is 18.3 Å². The molecule has 0 bridgehead atoms. The highest BCUT2D eigenvalue weighted by molar-refractivity contribution is 7.93. The summed E-state index contributed by atoms with van der Waals surface area (Å²) in [4.78, 5) is 10.3. The first-order chi connectivity index (χ1) is 5.97. The lowest BCUT2D eigenvalue weighted by atomic mass is 10.7. The van der Waals surface area contributed by atoms with Crippen molar-refractivity contribution in [2.45, 2.75) is 11.3 Å². The van der Waals surface area contributed by atoms with E-state index in [9.17, 15) is 13.2 Å². The Bertz CT molecular complexity index is 421. The molecule has 0 saturated heterocycles. The van der Waals surface area contributed by atoms with Gasteiger partial charge in [-0.05, 0) is 0 Å². The third kappa shape index (κ3) is 2.01. The molecule has 8 heteroatoms. The lowest BCUT2D eigenvalue weighted by Crippen LogP contribution is -2.02. The van der Waals surface area contributed by atoms with Crippen molar-refractivity contribution in [3.05, 3.63) is 5.01 Å². The summed E-state index contributed by atoms with van der Waals surface area (Å²) in [7, 11) is -3.43. The first-order valence-corrected chi connectivity index (χ1v) is 5.74. The maximum Gasteiger partial charge on any atom is 0.367 e. The molecule has 0 saturated carbocycles. The Morgan fingerprint density at radius 3 is 2.54 bits per heavy atom. The molecule has 0 aliphatic heterocycles. The average molecular weight is 222 g/mol. The van der Waals surface area contributed by atoms with Gasteiger partial charge < -0.3 is 5.11 Å². The van der Waals surface area contributed by atoms with Crippen molar-refractivity contribution in [2.75, 3.05) is 5.75 Å². The Balaban J connectivity index is 3.13. The molecule has 72 valence electrons. The van der Waals surface area contributed by atoms with Crippen molar-refractivity contribution in [3.63, 3.8) is 0 Å². The van der Waals surface area contributed by atoms with Crippen molar-refractivity contribution >= 4 is 27.1 Å². The maximum atomic E-state index is 11.2. The Labute approximate surface area is 78.2 Å². The summed E-state index contributed by atoms with van der Waals surface area (Å²) in [6.07, 6.45) is 0. The van der Waals surface area contributed by atoms with Crippen molar-refractivity contribution in [2.24, 2.45) is 0 Å². The molecule has 1 rings (SSSR count). The van der Waals surface area contributed by atoms with Crippen LogP contribution < -0.4 is 0 Å². The lowest BCUT2D eigenvalue weighted by molar-refractivity contribution is 0.0695. The number of hydrogen-bond donors (Lipinski definition) is 1. The quantitative estimate of drug-likeness (QED) is 0.774. The third-order valence-corrected chi connectivity index (χ3v) is 4.33. The Kier molecular flexibility index (Phi) is 2.62. The van der Waals surface area contributed by atoms with Gasteiger partial charge in [0.1, 0.15) is 0 Å². The standard InChI is InChI=1S/C5H6N2O4S2/c1-2-13(10,11)5-7-6-3(12-5)4(8)9/h2H2,1H3,(H,8,9). The number of aromatic carboxylic acids is 1. The van der Waals surface area contributed by atoms with Crippen LogP contribution in [0.15, 0.2) is 4.34 Å². The second-order valence-corrected chi connectivity index (χ2v) is 5.51. The highest BCUT2D eigenvalue weighted by atomic mass is 32.2. The van der Waals surface area contributed by atoms with Crippen molar-refractivity contribution in [1.29, 1.82) is 0 Å². The summed E-state index contributed by atoms with van der Waals surface area (Å²) >= 11 is 0.563. The summed E-state index contributed by atoms with van der Waals surface area (Å²) in [5.74, 6) is -1.38. The summed E-state index contributed by atoms with van der Waals surface area (Å²) in [6, 6.07) is 0. The van der Waals surface area contributed by atoms with Gasteiger partial charge >= 0.3 is 5.97 Å². The number of aromatic nitrogens is 2. The van der Waals surface area contributed by atoms with Crippen LogP contribution in [0.25, 0.3) is 0 Å². The Hall–Kier alpha value is -1.02. The number of sulfone groups is 1. The second-order valence-electron chi connectivity index (χ2n) is 2.08. The smallest absolute Gasteiger partial charge is 0.367 e. The van der Waals surface area contributed by atoms with Crippen molar-refractivity contribution in [3.8, 4) is 0 Å². The van der Waals surface area contributed by atoms with Crippen LogP contribution in [0.3, 0.4) is 0 Å². The number of carbonyl (C=O) groups is 1. The van der Waals surface area contributed by atoms with Crippen LogP contribution in [0.2, 0.25) is 0 Å². The van der Waals surface area contributed by atoms with E-state index >= 15 is 0 Å². The molecular formula is C5H6N2O4S2. The molecule has 0 aliphatic rings. The van der Waals surface area contributed by atoms with Crippen LogP contribution in [0.4, 0.5) is 0 Å². The van der Waals surface area contributed by atoms with E-state index in [1.165, 1.54) is 6.92 Å². The van der Waals surface area contributed by atoms with Crippen LogP contribution in [0.1, 0.15) is 16.7 Å². The van der Waals surface area contributed by atoms with E-state index in [0.717, 1.165) is 0 Å². The summed E-state index contributed by atoms with van der Waals surface area (Å²) < 4.78 is 22.1. The summed E-state index contributed by atoms with van der Waals surface area (Å²) in [6.45, 7) is 1.46. The van der Waals surface area contributed by atoms with Gasteiger partial charge in [0.2, 0.25) is 19.2 Å². The molecule has 1 aromatic heterocycles. The van der Waals surface area contributed by atoms with E-state index < -0.39 is 15.8 Å². The number of carboxylic acid groups (broad SMARTS) is 1. The predicted octanol–water partition coefficient (Wildman–Crippen LogP) is 0.0299. The van der Waals surface area contributed by atoms with E-state index in [-0.39, 0.29) is 15.1 Å².